The largest absolute Gasteiger partial charge is 0.497 e. The van der Waals surface area contributed by atoms with Crippen LogP contribution in [0.1, 0.15) is 12.6 Å². The fraction of sp³-hybridized carbons (Fsp3) is 0.438. The molecule has 0 spiro atoms. The molecule has 112 valence electrons. The Balaban J connectivity index is 1.73. The molecule has 0 aliphatic carbocycles. The van der Waals surface area contributed by atoms with Crippen LogP contribution in [-0.2, 0) is 6.54 Å². The number of aromatic nitrogens is 1. The number of thiazole rings is 1. The highest BCUT2D eigenvalue weighted by Crippen LogP contribution is 2.27. The lowest BCUT2D eigenvalue weighted by Crippen LogP contribution is -2.49. The number of nitrogens with zero attached hydrogens (tertiary/aromatic N) is 2. The van der Waals surface area contributed by atoms with Gasteiger partial charge in [-0.25, -0.2) is 4.98 Å². The van der Waals surface area contributed by atoms with Crippen molar-refractivity contribution in [3.8, 4) is 16.3 Å². The second-order valence-electron chi connectivity index (χ2n) is 5.40. The van der Waals surface area contributed by atoms with Crippen molar-refractivity contribution in [3.63, 3.8) is 0 Å². The first kappa shape index (κ1) is 14.5. The summed E-state index contributed by atoms with van der Waals surface area (Å²) in [4.78, 5) is 7.27. The minimum atomic E-state index is 0.570. The third-order valence-electron chi connectivity index (χ3n) is 3.87. The van der Waals surface area contributed by atoms with Gasteiger partial charge in [-0.3, -0.25) is 4.90 Å². The van der Waals surface area contributed by atoms with Crippen LogP contribution in [-0.4, -0.2) is 42.7 Å². The number of methoxy groups -OCH3 is 1. The van der Waals surface area contributed by atoms with E-state index in [0.717, 1.165) is 48.2 Å². The number of hydrogen-bond acceptors (Lipinski definition) is 5. The Labute approximate surface area is 129 Å². The molecule has 0 radical (unpaired) electrons. The van der Waals surface area contributed by atoms with Gasteiger partial charge in [0.2, 0.25) is 0 Å². The van der Waals surface area contributed by atoms with E-state index in [0.29, 0.717) is 6.04 Å². The van der Waals surface area contributed by atoms with E-state index in [1.165, 1.54) is 0 Å². The molecule has 21 heavy (non-hydrogen) atoms. The summed E-state index contributed by atoms with van der Waals surface area (Å²) < 4.78 is 5.28. The zero-order valence-corrected chi connectivity index (χ0v) is 13.3. The first-order valence-corrected chi connectivity index (χ1v) is 8.18. The lowest BCUT2D eigenvalue weighted by molar-refractivity contribution is 0.164. The molecule has 2 aromatic rings. The number of ether oxygens (including phenoxy) is 1. The summed E-state index contributed by atoms with van der Waals surface area (Å²) in [7, 11) is 1.69. The Morgan fingerprint density at radius 1 is 1.48 bits per heavy atom. The number of rotatable bonds is 4. The third-order valence-corrected chi connectivity index (χ3v) is 4.81. The molecule has 1 aliphatic heterocycles. The fourth-order valence-electron chi connectivity index (χ4n) is 2.59. The maximum Gasteiger partial charge on any atom is 0.123 e. The van der Waals surface area contributed by atoms with Crippen LogP contribution in [0.5, 0.6) is 5.75 Å². The van der Waals surface area contributed by atoms with E-state index in [4.69, 9.17) is 9.72 Å². The molecule has 0 amide bonds. The standard InChI is InChI=1S/C16H21N3OS/c1-12-9-17-6-7-19(12)10-14-11-21-16(18-14)13-4-3-5-15(8-13)20-2/h3-5,8,11-12,17H,6-7,9-10H2,1-2H3/t12-/m1/s1. The summed E-state index contributed by atoms with van der Waals surface area (Å²) >= 11 is 1.70. The lowest BCUT2D eigenvalue weighted by atomic mass is 10.2. The molecule has 0 saturated carbocycles. The summed E-state index contributed by atoms with van der Waals surface area (Å²) in [5.41, 5.74) is 2.28. The molecule has 5 heteroatoms. The van der Waals surface area contributed by atoms with Gasteiger partial charge in [-0.15, -0.1) is 11.3 Å². The van der Waals surface area contributed by atoms with Crippen molar-refractivity contribution < 1.29 is 4.74 Å². The minimum absolute atomic E-state index is 0.570. The third kappa shape index (κ3) is 3.43. The molecular formula is C16H21N3OS. The van der Waals surface area contributed by atoms with Crippen molar-refractivity contribution in [1.29, 1.82) is 0 Å². The summed E-state index contributed by atoms with van der Waals surface area (Å²) in [6.45, 7) is 6.42. The second-order valence-corrected chi connectivity index (χ2v) is 6.26. The van der Waals surface area contributed by atoms with Crippen LogP contribution >= 0.6 is 11.3 Å². The fourth-order valence-corrected chi connectivity index (χ4v) is 3.40. The molecule has 3 rings (SSSR count). The smallest absolute Gasteiger partial charge is 0.123 e. The van der Waals surface area contributed by atoms with E-state index in [-0.39, 0.29) is 0 Å². The zero-order valence-electron chi connectivity index (χ0n) is 12.5. The maximum absolute atomic E-state index is 5.28. The molecule has 0 unspecified atom stereocenters. The van der Waals surface area contributed by atoms with Gasteiger partial charge in [-0.2, -0.15) is 0 Å². The van der Waals surface area contributed by atoms with Crippen LogP contribution in [0.25, 0.3) is 10.6 Å². The van der Waals surface area contributed by atoms with Crippen molar-refractivity contribution in [2.24, 2.45) is 0 Å². The van der Waals surface area contributed by atoms with E-state index in [2.05, 4.69) is 28.6 Å². The van der Waals surface area contributed by atoms with Crippen molar-refractivity contribution in [1.82, 2.24) is 15.2 Å². The average molecular weight is 303 g/mol. The van der Waals surface area contributed by atoms with Crippen molar-refractivity contribution in [3.05, 3.63) is 35.3 Å². The Morgan fingerprint density at radius 2 is 2.38 bits per heavy atom. The molecule has 1 saturated heterocycles. The van der Waals surface area contributed by atoms with Gasteiger partial charge in [-0.05, 0) is 19.1 Å². The predicted octanol–water partition coefficient (Wildman–Crippen LogP) is 2.61. The molecular weight excluding hydrogens is 282 g/mol. The van der Waals surface area contributed by atoms with Crippen LogP contribution in [0.3, 0.4) is 0 Å². The predicted molar refractivity (Wildman–Crippen MR) is 86.8 cm³/mol. The number of piperazine rings is 1. The quantitative estimate of drug-likeness (QED) is 0.942. The highest BCUT2D eigenvalue weighted by molar-refractivity contribution is 7.13. The monoisotopic (exact) mass is 303 g/mol. The molecule has 1 N–H and O–H groups in total. The molecule has 4 nitrogen and oxygen atoms in total. The molecule has 0 bridgehead atoms. The molecule has 1 aliphatic rings. The summed E-state index contributed by atoms with van der Waals surface area (Å²) in [6, 6.07) is 8.66. The molecule has 1 aromatic carbocycles. The van der Waals surface area contributed by atoms with Crippen LogP contribution in [0, 0.1) is 0 Å². The van der Waals surface area contributed by atoms with Crippen LogP contribution in [0.2, 0.25) is 0 Å². The van der Waals surface area contributed by atoms with E-state index < -0.39 is 0 Å². The first-order valence-electron chi connectivity index (χ1n) is 7.30. The SMILES string of the molecule is COc1cccc(-c2nc(CN3CCNC[C@H]3C)cs2)c1. The number of benzene rings is 1. The average Bonchev–Trinajstić information content (AvgIpc) is 2.98. The second kappa shape index (κ2) is 6.56. The summed E-state index contributed by atoms with van der Waals surface area (Å²) in [5, 5.41) is 6.65. The lowest BCUT2D eigenvalue weighted by Gasteiger charge is -2.33. The summed E-state index contributed by atoms with van der Waals surface area (Å²) in [6.07, 6.45) is 0. The van der Waals surface area contributed by atoms with Gasteiger partial charge in [0.05, 0.1) is 12.8 Å². The zero-order chi connectivity index (χ0) is 14.7. The molecule has 2 heterocycles. The van der Waals surface area contributed by atoms with E-state index in [9.17, 15) is 0 Å². The number of hydrogen-bond donors (Lipinski definition) is 1. The number of nitrogens with one attached hydrogen (secondary N) is 1. The van der Waals surface area contributed by atoms with Gasteiger partial charge in [0.25, 0.3) is 0 Å². The Morgan fingerprint density at radius 3 is 3.19 bits per heavy atom. The van der Waals surface area contributed by atoms with E-state index in [1.54, 1.807) is 18.4 Å². The van der Waals surface area contributed by atoms with E-state index >= 15 is 0 Å². The Bertz CT molecular complexity index is 599. The van der Waals surface area contributed by atoms with Gasteiger partial charge in [0.15, 0.2) is 0 Å². The van der Waals surface area contributed by atoms with Crippen molar-refractivity contribution in [2.75, 3.05) is 26.7 Å². The van der Waals surface area contributed by atoms with Crippen molar-refractivity contribution in [2.45, 2.75) is 19.5 Å². The highest BCUT2D eigenvalue weighted by atomic mass is 32.1. The topological polar surface area (TPSA) is 37.4 Å². The first-order chi connectivity index (χ1) is 10.3. The van der Waals surface area contributed by atoms with Crippen LogP contribution < -0.4 is 10.1 Å². The Hall–Kier alpha value is -1.43. The van der Waals surface area contributed by atoms with Gasteiger partial charge < -0.3 is 10.1 Å². The van der Waals surface area contributed by atoms with Crippen molar-refractivity contribution >= 4 is 11.3 Å². The van der Waals surface area contributed by atoms with Gasteiger partial charge >= 0.3 is 0 Å². The Kier molecular flexibility index (Phi) is 4.53. The maximum atomic E-state index is 5.28. The van der Waals surface area contributed by atoms with Gasteiger partial charge in [0.1, 0.15) is 10.8 Å². The normalized spacial score (nSPS) is 19.6. The van der Waals surface area contributed by atoms with E-state index in [1.807, 2.05) is 18.2 Å². The molecule has 1 aromatic heterocycles. The highest BCUT2D eigenvalue weighted by Gasteiger charge is 2.19. The minimum Gasteiger partial charge on any atom is -0.497 e. The van der Waals surface area contributed by atoms with Gasteiger partial charge in [-0.1, -0.05) is 12.1 Å². The van der Waals surface area contributed by atoms with Crippen LogP contribution in [0.15, 0.2) is 29.6 Å². The summed E-state index contributed by atoms with van der Waals surface area (Å²) in [5.74, 6) is 0.875. The van der Waals surface area contributed by atoms with Crippen LogP contribution in [0.4, 0.5) is 0 Å². The molecule has 1 atom stereocenters. The molecule has 1 fully saturated rings. The van der Waals surface area contributed by atoms with Gasteiger partial charge in [0, 0.05) is 43.2 Å².